The lowest BCUT2D eigenvalue weighted by atomic mass is 10.0. The van der Waals surface area contributed by atoms with Crippen LogP contribution in [-0.4, -0.2) is 42.0 Å². The predicted octanol–water partition coefficient (Wildman–Crippen LogP) is 2.71. The molecule has 21 heavy (non-hydrogen) atoms. The van der Waals surface area contributed by atoms with E-state index >= 15 is 0 Å². The van der Waals surface area contributed by atoms with E-state index in [1.165, 1.54) is 0 Å². The minimum Gasteiger partial charge on any atom is -0.349 e. The van der Waals surface area contributed by atoms with Crippen molar-refractivity contribution in [1.29, 1.82) is 0 Å². The fourth-order valence-corrected chi connectivity index (χ4v) is 2.97. The number of likely N-dealkylation sites (tertiary alicyclic amines) is 1. The highest BCUT2D eigenvalue weighted by molar-refractivity contribution is 6.34. The number of amides is 1. The normalized spacial score (nSPS) is 17.0. The van der Waals surface area contributed by atoms with Crippen molar-refractivity contribution in [2.24, 2.45) is 0 Å². The van der Waals surface area contributed by atoms with Crippen molar-refractivity contribution >= 4 is 28.3 Å². The van der Waals surface area contributed by atoms with E-state index in [9.17, 15) is 4.79 Å². The maximum Gasteiger partial charge on any atom is 0.253 e. The topological polar surface area (TPSA) is 45.2 Å². The van der Waals surface area contributed by atoms with E-state index in [2.05, 4.69) is 22.2 Å². The third-order valence-electron chi connectivity index (χ3n) is 4.04. The Balaban J connectivity index is 1.83. The first kappa shape index (κ1) is 14.3. The quantitative estimate of drug-likeness (QED) is 0.868. The van der Waals surface area contributed by atoms with E-state index in [4.69, 9.17) is 11.6 Å². The Morgan fingerprint density at radius 3 is 2.67 bits per heavy atom. The average Bonchev–Trinajstić information content (AvgIpc) is 2.50. The molecular weight excluding hydrogens is 286 g/mol. The third-order valence-corrected chi connectivity index (χ3v) is 4.35. The van der Waals surface area contributed by atoms with Gasteiger partial charge in [0, 0.05) is 17.6 Å². The summed E-state index contributed by atoms with van der Waals surface area (Å²) >= 11 is 6.09. The number of piperidine rings is 1. The lowest BCUT2D eigenvalue weighted by molar-refractivity contribution is 0.0918. The Morgan fingerprint density at radius 1 is 1.29 bits per heavy atom. The molecule has 0 spiro atoms. The molecule has 1 aromatic heterocycles. The van der Waals surface area contributed by atoms with Gasteiger partial charge in [0.05, 0.1) is 5.56 Å². The largest absolute Gasteiger partial charge is 0.349 e. The predicted molar refractivity (Wildman–Crippen MR) is 84.7 cm³/mol. The van der Waals surface area contributed by atoms with E-state index < -0.39 is 0 Å². The van der Waals surface area contributed by atoms with E-state index in [0.29, 0.717) is 10.7 Å². The molecule has 1 fully saturated rings. The summed E-state index contributed by atoms with van der Waals surface area (Å²) < 4.78 is 0. The molecule has 0 radical (unpaired) electrons. The number of nitrogens with one attached hydrogen (secondary N) is 1. The summed E-state index contributed by atoms with van der Waals surface area (Å²) in [5, 5.41) is 5.22. The summed E-state index contributed by atoms with van der Waals surface area (Å²) in [6, 6.07) is 7.84. The van der Waals surface area contributed by atoms with Gasteiger partial charge in [-0.2, -0.15) is 0 Å². The molecule has 2 heterocycles. The number of halogens is 1. The van der Waals surface area contributed by atoms with E-state index in [-0.39, 0.29) is 11.9 Å². The van der Waals surface area contributed by atoms with Gasteiger partial charge in [0.1, 0.15) is 5.15 Å². The monoisotopic (exact) mass is 303 g/mol. The minimum absolute atomic E-state index is 0.0649. The van der Waals surface area contributed by atoms with Crippen LogP contribution in [0, 0.1) is 0 Å². The number of pyridine rings is 1. The number of fused-ring (bicyclic) bond motifs is 1. The van der Waals surface area contributed by atoms with Crippen molar-refractivity contribution < 1.29 is 4.79 Å². The highest BCUT2D eigenvalue weighted by atomic mass is 35.5. The molecule has 1 aromatic carbocycles. The maximum absolute atomic E-state index is 12.5. The summed E-state index contributed by atoms with van der Waals surface area (Å²) in [7, 11) is 2.11. The highest BCUT2D eigenvalue weighted by Gasteiger charge is 2.20. The molecule has 1 N–H and O–H groups in total. The Bertz CT molecular complexity index is 666. The second-order valence-electron chi connectivity index (χ2n) is 5.56. The van der Waals surface area contributed by atoms with Gasteiger partial charge >= 0.3 is 0 Å². The van der Waals surface area contributed by atoms with E-state index in [1.54, 1.807) is 6.20 Å². The first-order valence-electron chi connectivity index (χ1n) is 7.18. The molecule has 0 atom stereocenters. The summed E-state index contributed by atoms with van der Waals surface area (Å²) in [5.41, 5.74) is 0.592. The molecular formula is C16H18ClN3O. The van der Waals surface area contributed by atoms with Gasteiger partial charge in [-0.15, -0.1) is 0 Å². The SMILES string of the molecule is CN1CCC(NC(=O)c2cnc(Cl)c3ccccc23)CC1. The van der Waals surface area contributed by atoms with Crippen LogP contribution < -0.4 is 5.32 Å². The standard InChI is InChI=1S/C16H18ClN3O/c1-20-8-6-11(7-9-20)19-16(21)14-10-18-15(17)13-5-3-2-4-12(13)14/h2-5,10-11H,6-9H2,1H3,(H,19,21). The molecule has 110 valence electrons. The number of aromatic nitrogens is 1. The Hall–Kier alpha value is -1.65. The molecule has 0 unspecified atom stereocenters. The fourth-order valence-electron chi connectivity index (χ4n) is 2.76. The van der Waals surface area contributed by atoms with Crippen LogP contribution in [-0.2, 0) is 0 Å². The summed E-state index contributed by atoms with van der Waals surface area (Å²) in [6.07, 6.45) is 3.54. The Morgan fingerprint density at radius 2 is 1.95 bits per heavy atom. The summed E-state index contributed by atoms with van der Waals surface area (Å²) in [5.74, 6) is -0.0649. The van der Waals surface area contributed by atoms with Crippen LogP contribution in [0.3, 0.4) is 0 Å². The second kappa shape index (κ2) is 6.00. The summed E-state index contributed by atoms with van der Waals surface area (Å²) in [4.78, 5) is 18.9. The first-order valence-corrected chi connectivity index (χ1v) is 7.55. The van der Waals surface area contributed by atoms with Crippen LogP contribution in [0.15, 0.2) is 30.5 Å². The molecule has 5 heteroatoms. The minimum atomic E-state index is -0.0649. The molecule has 0 saturated carbocycles. The van der Waals surface area contributed by atoms with Crippen molar-refractivity contribution in [2.45, 2.75) is 18.9 Å². The van der Waals surface area contributed by atoms with Crippen LogP contribution in [0.25, 0.3) is 10.8 Å². The molecule has 1 aliphatic heterocycles. The van der Waals surface area contributed by atoms with Gasteiger partial charge in [-0.25, -0.2) is 4.98 Å². The van der Waals surface area contributed by atoms with Crippen LogP contribution in [0.2, 0.25) is 5.15 Å². The molecule has 0 aliphatic carbocycles. The van der Waals surface area contributed by atoms with Crippen LogP contribution in [0.4, 0.5) is 0 Å². The number of rotatable bonds is 2. The van der Waals surface area contributed by atoms with E-state index in [1.807, 2.05) is 24.3 Å². The number of benzene rings is 1. The Labute approximate surface area is 129 Å². The number of hydrogen-bond acceptors (Lipinski definition) is 3. The lowest BCUT2D eigenvalue weighted by Gasteiger charge is -2.29. The van der Waals surface area contributed by atoms with Crippen LogP contribution in [0.1, 0.15) is 23.2 Å². The van der Waals surface area contributed by atoms with Gasteiger partial charge in [0.2, 0.25) is 0 Å². The number of carbonyl (C=O) groups is 1. The lowest BCUT2D eigenvalue weighted by Crippen LogP contribution is -2.43. The van der Waals surface area contributed by atoms with Gasteiger partial charge in [-0.1, -0.05) is 35.9 Å². The van der Waals surface area contributed by atoms with Crippen molar-refractivity contribution in [3.05, 3.63) is 41.2 Å². The molecule has 4 nitrogen and oxygen atoms in total. The van der Waals surface area contributed by atoms with Crippen molar-refractivity contribution in [3.63, 3.8) is 0 Å². The zero-order valence-corrected chi connectivity index (χ0v) is 12.7. The molecule has 1 aliphatic rings. The smallest absolute Gasteiger partial charge is 0.253 e. The van der Waals surface area contributed by atoms with E-state index in [0.717, 1.165) is 36.7 Å². The van der Waals surface area contributed by atoms with Gasteiger partial charge in [-0.3, -0.25) is 4.79 Å². The molecule has 1 amide bonds. The van der Waals surface area contributed by atoms with Crippen molar-refractivity contribution in [1.82, 2.24) is 15.2 Å². The van der Waals surface area contributed by atoms with Crippen LogP contribution >= 0.6 is 11.6 Å². The van der Waals surface area contributed by atoms with Gasteiger partial charge in [0.25, 0.3) is 5.91 Å². The number of hydrogen-bond donors (Lipinski definition) is 1. The van der Waals surface area contributed by atoms with Crippen LogP contribution in [0.5, 0.6) is 0 Å². The highest BCUT2D eigenvalue weighted by Crippen LogP contribution is 2.24. The zero-order chi connectivity index (χ0) is 14.8. The van der Waals surface area contributed by atoms with Gasteiger partial charge in [0.15, 0.2) is 0 Å². The number of carbonyl (C=O) groups excluding carboxylic acids is 1. The molecule has 3 rings (SSSR count). The fraction of sp³-hybridized carbons (Fsp3) is 0.375. The molecule has 1 saturated heterocycles. The van der Waals surface area contributed by atoms with Gasteiger partial charge < -0.3 is 10.2 Å². The zero-order valence-electron chi connectivity index (χ0n) is 12.0. The molecule has 2 aromatic rings. The van der Waals surface area contributed by atoms with Gasteiger partial charge in [-0.05, 0) is 38.4 Å². The summed E-state index contributed by atoms with van der Waals surface area (Å²) in [6.45, 7) is 2.04. The average molecular weight is 304 g/mol. The second-order valence-corrected chi connectivity index (χ2v) is 5.92. The third kappa shape index (κ3) is 3.01. The first-order chi connectivity index (χ1) is 10.1. The Kier molecular flexibility index (Phi) is 4.08. The number of nitrogens with zero attached hydrogens (tertiary/aromatic N) is 2. The van der Waals surface area contributed by atoms with Crippen molar-refractivity contribution in [3.8, 4) is 0 Å². The van der Waals surface area contributed by atoms with Crippen molar-refractivity contribution in [2.75, 3.05) is 20.1 Å². The molecule has 0 bridgehead atoms. The maximum atomic E-state index is 12.5.